The van der Waals surface area contributed by atoms with Crippen LogP contribution in [0.4, 0.5) is 11.4 Å². The van der Waals surface area contributed by atoms with Gasteiger partial charge in [0, 0.05) is 11.6 Å². The highest BCUT2D eigenvalue weighted by Gasteiger charge is 2.18. The molecule has 2 rings (SSSR count). The van der Waals surface area contributed by atoms with E-state index < -0.39 is 38.4 Å². The molecule has 0 saturated carbocycles. The quantitative estimate of drug-likeness (QED) is 0.394. The highest BCUT2D eigenvalue weighted by molar-refractivity contribution is 5.88. The third-order valence-electron chi connectivity index (χ3n) is 4.12. The lowest BCUT2D eigenvalue weighted by Crippen LogP contribution is -2.24. The molecular weight excluding hydrogens is 396 g/mol. The minimum absolute atomic E-state index is 0.284. The normalized spacial score (nSPS) is 10.9. The van der Waals surface area contributed by atoms with Gasteiger partial charge in [0.25, 0.3) is 17.3 Å². The number of ether oxygens (including phenoxy) is 1. The largest absolute Gasteiger partial charge is 0.867 e. The van der Waals surface area contributed by atoms with Crippen molar-refractivity contribution in [2.24, 2.45) is 5.10 Å². The monoisotopic (exact) mass is 415 g/mol. The molecule has 0 aliphatic carbocycles. The maximum atomic E-state index is 12.0. The van der Waals surface area contributed by atoms with Crippen LogP contribution in [-0.2, 0) is 4.79 Å². The molecule has 30 heavy (non-hydrogen) atoms. The number of hydrazone groups is 1. The summed E-state index contributed by atoms with van der Waals surface area (Å²) in [5.41, 5.74) is 2.00. The van der Waals surface area contributed by atoms with Crippen LogP contribution in [0.2, 0.25) is 0 Å². The SMILES string of the molecule is Cc1ccc(C(C)C)cc1OCC(=O)N/N=C\c1cc([N+](=O)[O-])cc([N+](=O)[O-])c1[O-]. The smallest absolute Gasteiger partial charge is 0.277 e. The molecule has 158 valence electrons. The maximum absolute atomic E-state index is 12.0. The number of nitro groups is 2. The molecular formula is C19H19N4O7-. The van der Waals surface area contributed by atoms with Gasteiger partial charge in [-0.05, 0) is 35.8 Å². The van der Waals surface area contributed by atoms with E-state index in [1.54, 1.807) is 0 Å². The van der Waals surface area contributed by atoms with Gasteiger partial charge in [-0.25, -0.2) is 5.43 Å². The fourth-order valence-corrected chi connectivity index (χ4v) is 2.44. The molecule has 0 bridgehead atoms. The summed E-state index contributed by atoms with van der Waals surface area (Å²) < 4.78 is 5.49. The maximum Gasteiger partial charge on any atom is 0.277 e. The van der Waals surface area contributed by atoms with E-state index in [9.17, 15) is 30.1 Å². The van der Waals surface area contributed by atoms with Gasteiger partial charge in [-0.3, -0.25) is 25.0 Å². The second kappa shape index (κ2) is 9.45. The molecule has 11 nitrogen and oxygen atoms in total. The number of nitro benzene ring substituents is 2. The van der Waals surface area contributed by atoms with Crippen molar-refractivity contribution in [2.75, 3.05) is 6.61 Å². The van der Waals surface area contributed by atoms with Crippen molar-refractivity contribution in [3.05, 3.63) is 67.3 Å². The Bertz CT molecular complexity index is 1020. The Balaban J connectivity index is 2.07. The van der Waals surface area contributed by atoms with E-state index in [2.05, 4.69) is 10.5 Å². The van der Waals surface area contributed by atoms with Crippen molar-refractivity contribution in [1.82, 2.24) is 5.43 Å². The van der Waals surface area contributed by atoms with Gasteiger partial charge in [0.2, 0.25) is 0 Å². The van der Waals surface area contributed by atoms with Crippen LogP contribution >= 0.6 is 0 Å². The van der Waals surface area contributed by atoms with E-state index in [0.717, 1.165) is 23.4 Å². The first kappa shape index (κ1) is 22.3. The molecule has 2 aromatic carbocycles. The van der Waals surface area contributed by atoms with Crippen LogP contribution in [0.15, 0.2) is 35.4 Å². The fraction of sp³-hybridized carbons (Fsp3) is 0.263. The number of amides is 1. The van der Waals surface area contributed by atoms with E-state index in [4.69, 9.17) is 4.74 Å². The van der Waals surface area contributed by atoms with Crippen LogP contribution in [0.1, 0.15) is 36.5 Å². The summed E-state index contributed by atoms with van der Waals surface area (Å²) in [5, 5.41) is 37.3. The number of aryl methyl sites for hydroxylation is 1. The number of non-ortho nitro benzene ring substituents is 1. The van der Waals surface area contributed by atoms with Gasteiger partial charge in [0.1, 0.15) is 5.75 Å². The number of nitrogens with one attached hydrogen (secondary N) is 1. The van der Waals surface area contributed by atoms with Gasteiger partial charge >= 0.3 is 0 Å². The van der Waals surface area contributed by atoms with Crippen LogP contribution in [0.25, 0.3) is 0 Å². The third-order valence-corrected chi connectivity index (χ3v) is 4.12. The lowest BCUT2D eigenvalue weighted by Gasteiger charge is -2.12. The van der Waals surface area contributed by atoms with Gasteiger partial charge in [-0.2, -0.15) is 5.10 Å². The number of benzene rings is 2. The second-order valence-electron chi connectivity index (χ2n) is 6.66. The Labute approximate surface area is 171 Å². The Morgan fingerprint density at radius 1 is 1.20 bits per heavy atom. The predicted octanol–water partition coefficient (Wildman–Crippen LogP) is 2.54. The Hall–Kier alpha value is -4.02. The molecule has 1 amide bonds. The molecule has 0 aliphatic heterocycles. The molecule has 0 aliphatic rings. The average molecular weight is 415 g/mol. The zero-order chi connectivity index (χ0) is 22.4. The topological polar surface area (TPSA) is 160 Å². The lowest BCUT2D eigenvalue weighted by atomic mass is 10.0. The minimum Gasteiger partial charge on any atom is -0.867 e. The van der Waals surface area contributed by atoms with Crippen LogP contribution in [0, 0.1) is 27.2 Å². The van der Waals surface area contributed by atoms with E-state index in [-0.39, 0.29) is 12.5 Å². The first-order chi connectivity index (χ1) is 14.1. The molecule has 1 N–H and O–H groups in total. The molecule has 0 unspecified atom stereocenters. The van der Waals surface area contributed by atoms with Crippen molar-refractivity contribution in [1.29, 1.82) is 0 Å². The van der Waals surface area contributed by atoms with E-state index >= 15 is 0 Å². The highest BCUT2D eigenvalue weighted by atomic mass is 16.6. The van der Waals surface area contributed by atoms with Gasteiger partial charge in [-0.15, -0.1) is 0 Å². The second-order valence-corrected chi connectivity index (χ2v) is 6.66. The summed E-state index contributed by atoms with van der Waals surface area (Å²) in [5.74, 6) is -0.878. The zero-order valence-electron chi connectivity index (χ0n) is 16.4. The Morgan fingerprint density at radius 3 is 2.50 bits per heavy atom. The number of hydrogen-bond acceptors (Lipinski definition) is 8. The molecule has 0 radical (unpaired) electrons. The predicted molar refractivity (Wildman–Crippen MR) is 106 cm³/mol. The fourth-order valence-electron chi connectivity index (χ4n) is 2.44. The number of rotatable bonds is 8. The van der Waals surface area contributed by atoms with Crippen LogP contribution in [-0.4, -0.2) is 28.6 Å². The minimum atomic E-state index is -1.05. The van der Waals surface area contributed by atoms with Gasteiger partial charge in [-0.1, -0.05) is 26.0 Å². The summed E-state index contributed by atoms with van der Waals surface area (Å²) in [6, 6.07) is 7.09. The molecule has 0 atom stereocenters. The lowest BCUT2D eigenvalue weighted by molar-refractivity contribution is -0.403. The van der Waals surface area contributed by atoms with Gasteiger partial charge < -0.3 is 9.84 Å². The molecule has 0 heterocycles. The number of carbonyl (C=O) groups excluding carboxylic acids is 1. The Morgan fingerprint density at radius 2 is 1.90 bits per heavy atom. The molecule has 11 heteroatoms. The van der Waals surface area contributed by atoms with Crippen LogP contribution < -0.4 is 15.3 Å². The molecule has 0 aromatic heterocycles. The van der Waals surface area contributed by atoms with Crippen molar-refractivity contribution >= 4 is 23.5 Å². The summed E-state index contributed by atoms with van der Waals surface area (Å²) in [7, 11) is 0. The van der Waals surface area contributed by atoms with Crippen molar-refractivity contribution < 1.29 is 24.5 Å². The van der Waals surface area contributed by atoms with Crippen LogP contribution in [0.5, 0.6) is 11.5 Å². The number of carbonyl (C=O) groups is 1. The van der Waals surface area contributed by atoms with Crippen LogP contribution in [0.3, 0.4) is 0 Å². The summed E-state index contributed by atoms with van der Waals surface area (Å²) in [6.45, 7) is 5.52. The first-order valence-corrected chi connectivity index (χ1v) is 8.79. The summed E-state index contributed by atoms with van der Waals surface area (Å²) in [4.78, 5) is 31.8. The van der Waals surface area contributed by atoms with Gasteiger partial charge in [0.05, 0.1) is 22.1 Å². The standard InChI is InChI=1S/C19H20N4O7/c1-11(2)13-5-4-12(3)17(7-13)30-10-18(24)21-20-9-14-6-15(22(26)27)8-16(19(14)25)23(28)29/h4-9,11,25H,10H2,1-3H3,(H,21,24)/p-1/b20-9-. The number of nitrogens with zero attached hydrogens (tertiary/aromatic N) is 3. The van der Waals surface area contributed by atoms with Gasteiger partial charge in [0.15, 0.2) is 6.61 Å². The molecule has 0 spiro atoms. The van der Waals surface area contributed by atoms with Crippen molar-refractivity contribution in [3.8, 4) is 11.5 Å². The van der Waals surface area contributed by atoms with Crippen molar-refractivity contribution in [2.45, 2.75) is 26.7 Å². The third kappa shape index (κ3) is 5.50. The highest BCUT2D eigenvalue weighted by Crippen LogP contribution is 2.31. The van der Waals surface area contributed by atoms with E-state index in [1.165, 1.54) is 0 Å². The Kier molecular flexibility index (Phi) is 7.02. The number of hydrogen-bond donors (Lipinski definition) is 1. The molecule has 0 saturated heterocycles. The van der Waals surface area contributed by atoms with Crippen molar-refractivity contribution in [3.63, 3.8) is 0 Å². The average Bonchev–Trinajstić information content (AvgIpc) is 2.67. The van der Waals surface area contributed by atoms with E-state index in [1.807, 2.05) is 39.0 Å². The first-order valence-electron chi connectivity index (χ1n) is 8.79. The summed E-state index contributed by atoms with van der Waals surface area (Å²) in [6.07, 6.45) is 0.810. The molecule has 0 fully saturated rings. The van der Waals surface area contributed by atoms with E-state index in [0.29, 0.717) is 11.8 Å². The summed E-state index contributed by atoms with van der Waals surface area (Å²) >= 11 is 0. The molecule has 2 aromatic rings. The zero-order valence-corrected chi connectivity index (χ0v) is 16.4.